The van der Waals surface area contributed by atoms with E-state index >= 15 is 0 Å². The molecule has 4 rings (SSSR count). The maximum absolute atomic E-state index is 13.1. The van der Waals surface area contributed by atoms with Crippen molar-refractivity contribution in [2.75, 3.05) is 6.54 Å². The van der Waals surface area contributed by atoms with Crippen LogP contribution in [0.2, 0.25) is 0 Å². The summed E-state index contributed by atoms with van der Waals surface area (Å²) in [5.41, 5.74) is 3.52. The van der Waals surface area contributed by atoms with Crippen LogP contribution in [0.3, 0.4) is 0 Å². The predicted molar refractivity (Wildman–Crippen MR) is 111 cm³/mol. The zero-order chi connectivity index (χ0) is 19.9. The van der Waals surface area contributed by atoms with E-state index in [-0.39, 0.29) is 17.4 Å². The van der Waals surface area contributed by atoms with Crippen molar-refractivity contribution in [1.82, 2.24) is 19.3 Å². The van der Waals surface area contributed by atoms with Gasteiger partial charge in [-0.25, -0.2) is 9.97 Å². The number of carbonyl (C=O) groups is 1. The Bertz CT molecular complexity index is 1060. The summed E-state index contributed by atoms with van der Waals surface area (Å²) in [6.45, 7) is 9.23. The Kier molecular flexibility index (Phi) is 4.53. The van der Waals surface area contributed by atoms with E-state index in [4.69, 9.17) is 4.98 Å². The maximum Gasteiger partial charge on any atom is 0.254 e. The van der Waals surface area contributed by atoms with Gasteiger partial charge in [0.1, 0.15) is 0 Å². The summed E-state index contributed by atoms with van der Waals surface area (Å²) < 4.78 is 2.01. The molecule has 144 valence electrons. The molecule has 2 aromatic heterocycles. The van der Waals surface area contributed by atoms with Gasteiger partial charge in [-0.15, -0.1) is 0 Å². The van der Waals surface area contributed by atoms with E-state index in [0.29, 0.717) is 17.9 Å². The van der Waals surface area contributed by atoms with Crippen LogP contribution in [0.25, 0.3) is 17.0 Å². The van der Waals surface area contributed by atoms with Gasteiger partial charge >= 0.3 is 0 Å². The van der Waals surface area contributed by atoms with E-state index in [1.54, 1.807) is 6.20 Å². The van der Waals surface area contributed by atoms with Gasteiger partial charge in [0.05, 0.1) is 17.4 Å². The van der Waals surface area contributed by atoms with Gasteiger partial charge in [-0.1, -0.05) is 52.0 Å². The lowest BCUT2D eigenvalue weighted by atomic mass is 9.88. The number of amides is 1. The molecule has 0 unspecified atom stereocenters. The Hall–Kier alpha value is -2.95. The Labute approximate surface area is 165 Å². The number of fused-ring (bicyclic) bond motifs is 1. The number of carbonyl (C=O) groups excluding carboxylic acids is 1. The molecular weight excluding hydrogens is 348 g/mol. The molecule has 0 saturated heterocycles. The van der Waals surface area contributed by atoms with Crippen molar-refractivity contribution in [2.45, 2.75) is 45.6 Å². The highest BCUT2D eigenvalue weighted by Gasteiger charge is 2.27. The van der Waals surface area contributed by atoms with Crippen LogP contribution >= 0.6 is 0 Å². The third-order valence-electron chi connectivity index (χ3n) is 5.24. The summed E-state index contributed by atoms with van der Waals surface area (Å²) in [4.78, 5) is 24.3. The summed E-state index contributed by atoms with van der Waals surface area (Å²) in [5.74, 6) is 0.747. The molecule has 1 aromatic carbocycles. The van der Waals surface area contributed by atoms with E-state index in [1.165, 1.54) is 0 Å². The Morgan fingerprint density at radius 1 is 1.25 bits per heavy atom. The van der Waals surface area contributed by atoms with Gasteiger partial charge in [-0.2, -0.15) is 0 Å². The number of nitrogens with zero attached hydrogens (tertiary/aromatic N) is 4. The molecule has 1 amide bonds. The van der Waals surface area contributed by atoms with Crippen LogP contribution in [0.15, 0.2) is 54.9 Å². The van der Waals surface area contributed by atoms with Crippen molar-refractivity contribution in [1.29, 1.82) is 0 Å². The second-order valence-electron chi connectivity index (χ2n) is 8.29. The van der Waals surface area contributed by atoms with Gasteiger partial charge in [0.15, 0.2) is 0 Å². The summed E-state index contributed by atoms with van der Waals surface area (Å²) in [7, 11) is 0. The van der Waals surface area contributed by atoms with Crippen LogP contribution < -0.4 is 0 Å². The minimum Gasteiger partial charge on any atom is -0.329 e. The first kappa shape index (κ1) is 18.4. The molecule has 0 saturated carbocycles. The maximum atomic E-state index is 13.1. The fraction of sp³-hybridized carbons (Fsp3) is 0.348. The lowest BCUT2D eigenvalue weighted by Crippen LogP contribution is -2.35. The second kappa shape index (κ2) is 6.89. The summed E-state index contributed by atoms with van der Waals surface area (Å²) in [6.07, 6.45) is 8.85. The lowest BCUT2D eigenvalue weighted by Gasteiger charge is -2.24. The van der Waals surface area contributed by atoms with Crippen LogP contribution in [0.5, 0.6) is 0 Å². The quantitative estimate of drug-likeness (QED) is 0.635. The third kappa shape index (κ3) is 3.11. The van der Waals surface area contributed by atoms with Crippen LogP contribution in [-0.2, 0) is 5.41 Å². The number of hydrogen-bond donors (Lipinski definition) is 0. The molecule has 0 radical (unpaired) electrons. The zero-order valence-corrected chi connectivity index (χ0v) is 16.9. The normalized spacial score (nSPS) is 16.9. The largest absolute Gasteiger partial charge is 0.329 e. The average molecular weight is 374 g/mol. The second-order valence-corrected chi connectivity index (χ2v) is 8.29. The molecule has 1 aliphatic heterocycles. The lowest BCUT2D eigenvalue weighted by molar-refractivity contribution is 0.0747. The predicted octanol–water partition coefficient (Wildman–Crippen LogP) is 4.48. The van der Waals surface area contributed by atoms with E-state index < -0.39 is 0 Å². The molecular formula is C23H26N4O. The molecule has 1 aliphatic rings. The number of benzene rings is 1. The minimum absolute atomic E-state index is 0.0722. The molecule has 3 heterocycles. The van der Waals surface area contributed by atoms with Crippen LogP contribution in [0.1, 0.15) is 50.2 Å². The van der Waals surface area contributed by atoms with Gasteiger partial charge in [-0.3, -0.25) is 9.20 Å². The number of hydrogen-bond acceptors (Lipinski definition) is 3. The van der Waals surface area contributed by atoms with Crippen molar-refractivity contribution in [3.8, 4) is 11.3 Å². The Balaban J connectivity index is 1.81. The van der Waals surface area contributed by atoms with Crippen molar-refractivity contribution in [2.24, 2.45) is 0 Å². The number of rotatable bonds is 3. The molecule has 5 heteroatoms. The van der Waals surface area contributed by atoms with Crippen LogP contribution in [0.4, 0.5) is 0 Å². The van der Waals surface area contributed by atoms with Gasteiger partial charge in [-0.05, 0) is 24.6 Å². The number of aromatic nitrogens is 3. The zero-order valence-electron chi connectivity index (χ0n) is 16.9. The molecule has 5 nitrogen and oxygen atoms in total. The molecule has 0 aliphatic carbocycles. The monoisotopic (exact) mass is 374 g/mol. The van der Waals surface area contributed by atoms with Crippen molar-refractivity contribution in [3.63, 3.8) is 0 Å². The molecule has 1 atom stereocenters. The molecule has 3 aromatic rings. The van der Waals surface area contributed by atoms with Crippen LogP contribution in [-0.4, -0.2) is 37.8 Å². The van der Waals surface area contributed by atoms with Crippen molar-refractivity contribution >= 4 is 11.7 Å². The Morgan fingerprint density at radius 2 is 2.07 bits per heavy atom. The standard InChI is InChI=1S/C23H26N4O/c1-5-18-11-7-13-26(18)21(28)17-10-6-9-16(15-17)19-20(23(2,3)4)25-22-24-12-8-14-27(19)22/h6-12,14-15,18H,5,13H2,1-4H3/t18-/m1/s1. The van der Waals surface area contributed by atoms with Gasteiger partial charge in [0.25, 0.3) is 5.91 Å². The first-order valence-corrected chi connectivity index (χ1v) is 9.81. The topological polar surface area (TPSA) is 50.5 Å². The third-order valence-corrected chi connectivity index (χ3v) is 5.24. The first-order valence-electron chi connectivity index (χ1n) is 9.81. The highest BCUT2D eigenvalue weighted by molar-refractivity contribution is 5.96. The fourth-order valence-electron chi connectivity index (χ4n) is 3.81. The van der Waals surface area contributed by atoms with Crippen molar-refractivity contribution in [3.05, 3.63) is 66.1 Å². The summed E-state index contributed by atoms with van der Waals surface area (Å²) in [6, 6.07) is 9.97. The van der Waals surface area contributed by atoms with E-state index in [1.807, 2.05) is 45.8 Å². The SMILES string of the molecule is CC[C@@H]1C=CCN1C(=O)c1cccc(-c2c(C(C)(C)C)nc3ncccn23)c1. The first-order chi connectivity index (χ1) is 13.4. The van der Waals surface area contributed by atoms with Gasteiger partial charge < -0.3 is 4.90 Å². The Morgan fingerprint density at radius 3 is 2.82 bits per heavy atom. The highest BCUT2D eigenvalue weighted by Crippen LogP contribution is 2.33. The molecule has 0 fully saturated rings. The molecule has 0 bridgehead atoms. The van der Waals surface area contributed by atoms with E-state index in [0.717, 1.165) is 23.4 Å². The van der Waals surface area contributed by atoms with Crippen molar-refractivity contribution < 1.29 is 4.79 Å². The van der Waals surface area contributed by atoms with E-state index in [2.05, 4.69) is 44.8 Å². The minimum atomic E-state index is -0.144. The summed E-state index contributed by atoms with van der Waals surface area (Å²) in [5, 5.41) is 0. The number of imidazole rings is 1. The summed E-state index contributed by atoms with van der Waals surface area (Å²) >= 11 is 0. The smallest absolute Gasteiger partial charge is 0.254 e. The van der Waals surface area contributed by atoms with Crippen LogP contribution in [0, 0.1) is 0 Å². The average Bonchev–Trinajstić information content (AvgIpc) is 3.31. The molecule has 28 heavy (non-hydrogen) atoms. The molecule has 0 N–H and O–H groups in total. The molecule has 0 spiro atoms. The van der Waals surface area contributed by atoms with Gasteiger partial charge in [0.2, 0.25) is 5.78 Å². The fourth-order valence-corrected chi connectivity index (χ4v) is 3.81. The van der Waals surface area contributed by atoms with E-state index in [9.17, 15) is 4.79 Å². The highest BCUT2D eigenvalue weighted by atomic mass is 16.2. The van der Waals surface area contributed by atoms with Gasteiger partial charge in [0, 0.05) is 35.5 Å².